The Morgan fingerprint density at radius 1 is 1.00 bits per heavy atom. The third-order valence-electron chi connectivity index (χ3n) is 2.81. The first-order chi connectivity index (χ1) is 10.3. The van der Waals surface area contributed by atoms with Gasteiger partial charge in [-0.3, -0.25) is 0 Å². The number of nitrogens with zero attached hydrogens (tertiary/aromatic N) is 1. The molecule has 116 valence electrons. The molecule has 0 fully saturated rings. The van der Waals surface area contributed by atoms with Crippen molar-refractivity contribution in [2.75, 3.05) is 46.8 Å². The summed E-state index contributed by atoms with van der Waals surface area (Å²) in [5.74, 6) is 0. The number of hydrogen-bond donors (Lipinski definition) is 0. The summed E-state index contributed by atoms with van der Waals surface area (Å²) in [7, 11) is 0.347. The van der Waals surface area contributed by atoms with Crippen LogP contribution in [0.3, 0.4) is 0 Å². The first-order valence-corrected chi connectivity index (χ1v) is 8.66. The number of carbonyl (C=O) groups excluding carboxylic acids is 1. The second kappa shape index (κ2) is 10.4. The van der Waals surface area contributed by atoms with Crippen molar-refractivity contribution >= 4 is 19.8 Å². The van der Waals surface area contributed by atoms with Crippen molar-refractivity contribution in [1.29, 1.82) is 0 Å². The molecular weight excluding hydrogens is 290 g/mol. The molecule has 0 heterocycles. The average Bonchev–Trinajstić information content (AvgIpc) is 2.53. The summed E-state index contributed by atoms with van der Waals surface area (Å²) < 4.78 is 22.0. The lowest BCUT2D eigenvalue weighted by Gasteiger charge is -2.29. The zero-order chi connectivity index (χ0) is 15.4. The topological polar surface area (TPSA) is 66.4 Å². The summed E-state index contributed by atoms with van der Waals surface area (Å²) in [6, 6.07) is 9.57. The van der Waals surface area contributed by atoms with E-state index in [0.29, 0.717) is 26.4 Å². The predicted molar refractivity (Wildman–Crippen MR) is 80.5 cm³/mol. The van der Waals surface area contributed by atoms with E-state index in [9.17, 15) is 4.79 Å². The Morgan fingerprint density at radius 2 is 1.57 bits per heavy atom. The highest BCUT2D eigenvalue weighted by Crippen LogP contribution is 2.10. The number of benzene rings is 1. The van der Waals surface area contributed by atoms with Crippen LogP contribution in [0.15, 0.2) is 35.3 Å². The molecular formula is C14H21NO5Si. The molecule has 0 aliphatic rings. The van der Waals surface area contributed by atoms with Gasteiger partial charge in [-0.2, -0.15) is 0 Å². The number of isocyanates is 1. The van der Waals surface area contributed by atoms with Crippen LogP contribution in [0.5, 0.6) is 0 Å². The lowest BCUT2D eigenvalue weighted by molar-refractivity contribution is 0.0922. The first-order valence-electron chi connectivity index (χ1n) is 6.64. The summed E-state index contributed by atoms with van der Waals surface area (Å²) in [6.45, 7) is 1.64. The maximum absolute atomic E-state index is 10.5. The van der Waals surface area contributed by atoms with Gasteiger partial charge in [0, 0.05) is 14.2 Å². The van der Waals surface area contributed by atoms with Gasteiger partial charge in [0.05, 0.1) is 32.6 Å². The van der Waals surface area contributed by atoms with E-state index in [2.05, 4.69) is 4.99 Å². The lowest BCUT2D eigenvalue weighted by Crippen LogP contribution is -2.58. The standard InChI is InChI=1S/C14H21NO5Si/c1-17-8-10-19-21(13-15-12-16,20-11-9-18-2)14-6-4-3-5-7-14/h3-7H,8-11,13H2,1-2H3. The van der Waals surface area contributed by atoms with Gasteiger partial charge >= 0.3 is 8.56 Å². The van der Waals surface area contributed by atoms with E-state index < -0.39 is 8.56 Å². The predicted octanol–water partition coefficient (Wildman–Crippen LogP) is 0.537. The second-order valence-corrected chi connectivity index (χ2v) is 7.19. The van der Waals surface area contributed by atoms with E-state index in [1.54, 1.807) is 20.3 Å². The van der Waals surface area contributed by atoms with Gasteiger partial charge in [0.25, 0.3) is 0 Å². The highest BCUT2D eigenvalue weighted by molar-refractivity contribution is 6.81. The Balaban J connectivity index is 2.97. The van der Waals surface area contributed by atoms with E-state index in [1.807, 2.05) is 30.3 Å². The first kappa shape index (κ1) is 17.7. The van der Waals surface area contributed by atoms with Crippen molar-refractivity contribution in [2.24, 2.45) is 4.99 Å². The van der Waals surface area contributed by atoms with Gasteiger partial charge in [-0.25, -0.2) is 9.79 Å². The number of ether oxygens (including phenoxy) is 2. The molecule has 0 atom stereocenters. The van der Waals surface area contributed by atoms with Crippen molar-refractivity contribution in [2.45, 2.75) is 0 Å². The maximum Gasteiger partial charge on any atom is 0.395 e. The maximum atomic E-state index is 10.5. The van der Waals surface area contributed by atoms with Crippen molar-refractivity contribution in [3.05, 3.63) is 30.3 Å². The van der Waals surface area contributed by atoms with Crippen molar-refractivity contribution in [1.82, 2.24) is 0 Å². The van der Waals surface area contributed by atoms with Crippen LogP contribution in [0.2, 0.25) is 0 Å². The monoisotopic (exact) mass is 311 g/mol. The van der Waals surface area contributed by atoms with E-state index in [4.69, 9.17) is 18.3 Å². The molecule has 0 spiro atoms. The van der Waals surface area contributed by atoms with Crippen molar-refractivity contribution < 1.29 is 23.1 Å². The van der Waals surface area contributed by atoms with E-state index in [0.717, 1.165) is 5.19 Å². The number of rotatable bonds is 11. The van der Waals surface area contributed by atoms with E-state index in [1.165, 1.54) is 0 Å². The van der Waals surface area contributed by atoms with E-state index >= 15 is 0 Å². The molecule has 0 saturated carbocycles. The Morgan fingerprint density at radius 3 is 2.05 bits per heavy atom. The molecule has 0 aliphatic carbocycles. The molecule has 7 heteroatoms. The summed E-state index contributed by atoms with van der Waals surface area (Å²) in [5.41, 5.74) is 0. The fraction of sp³-hybridized carbons (Fsp3) is 0.500. The Bertz CT molecular complexity index is 426. The van der Waals surface area contributed by atoms with Gasteiger partial charge in [-0.05, 0) is 5.19 Å². The summed E-state index contributed by atoms with van der Waals surface area (Å²) >= 11 is 0. The van der Waals surface area contributed by atoms with Crippen LogP contribution in [0, 0.1) is 0 Å². The quantitative estimate of drug-likeness (QED) is 0.258. The molecule has 21 heavy (non-hydrogen) atoms. The normalized spacial score (nSPS) is 11.1. The van der Waals surface area contributed by atoms with Crippen LogP contribution in [-0.4, -0.2) is 61.5 Å². The number of methoxy groups -OCH3 is 2. The van der Waals surface area contributed by atoms with Crippen LogP contribution < -0.4 is 5.19 Å². The fourth-order valence-corrected chi connectivity index (χ4v) is 4.38. The lowest BCUT2D eigenvalue weighted by atomic mass is 10.4. The molecule has 1 aromatic rings. The minimum Gasteiger partial charge on any atom is -0.387 e. The van der Waals surface area contributed by atoms with Crippen LogP contribution in [0.4, 0.5) is 0 Å². The van der Waals surface area contributed by atoms with Crippen LogP contribution in [0.1, 0.15) is 0 Å². The summed E-state index contributed by atoms with van der Waals surface area (Å²) in [4.78, 5) is 14.2. The SMILES string of the molecule is COCCO[Si](CN=C=O)(OCCOC)c1ccccc1. The highest BCUT2D eigenvalue weighted by atomic mass is 28.4. The minimum atomic E-state index is -2.86. The molecule has 1 rings (SSSR count). The minimum absolute atomic E-state index is 0.161. The van der Waals surface area contributed by atoms with Crippen molar-refractivity contribution in [3.63, 3.8) is 0 Å². The number of aliphatic imine (C=N–C) groups is 1. The molecule has 0 amide bonds. The van der Waals surface area contributed by atoms with Gasteiger partial charge in [0.2, 0.25) is 6.08 Å². The molecule has 0 bridgehead atoms. The molecule has 6 nitrogen and oxygen atoms in total. The Hall–Kier alpha value is -1.34. The van der Waals surface area contributed by atoms with Gasteiger partial charge in [-0.1, -0.05) is 30.3 Å². The second-order valence-electron chi connectivity index (χ2n) is 4.21. The van der Waals surface area contributed by atoms with Gasteiger partial charge in [-0.15, -0.1) is 0 Å². The van der Waals surface area contributed by atoms with Crippen LogP contribution >= 0.6 is 0 Å². The third kappa shape index (κ3) is 5.89. The van der Waals surface area contributed by atoms with Crippen LogP contribution in [0.25, 0.3) is 0 Å². The largest absolute Gasteiger partial charge is 0.395 e. The van der Waals surface area contributed by atoms with Crippen LogP contribution in [-0.2, 0) is 23.1 Å². The number of hydrogen-bond acceptors (Lipinski definition) is 6. The molecule has 0 aromatic heterocycles. The zero-order valence-corrected chi connectivity index (χ0v) is 13.4. The Kier molecular flexibility index (Phi) is 8.76. The third-order valence-corrected chi connectivity index (χ3v) is 5.94. The van der Waals surface area contributed by atoms with Gasteiger partial charge in [0.1, 0.15) is 0 Å². The molecule has 1 aromatic carbocycles. The van der Waals surface area contributed by atoms with Crippen molar-refractivity contribution in [3.8, 4) is 0 Å². The van der Waals surface area contributed by atoms with Gasteiger partial charge < -0.3 is 18.3 Å². The highest BCUT2D eigenvalue weighted by Gasteiger charge is 2.40. The Labute approximate surface area is 125 Å². The summed E-state index contributed by atoms with van der Waals surface area (Å²) in [5, 5.41) is 0.913. The molecule has 0 saturated heterocycles. The molecule has 0 unspecified atom stereocenters. The molecule has 0 radical (unpaired) electrons. The smallest absolute Gasteiger partial charge is 0.387 e. The molecule has 0 N–H and O–H groups in total. The van der Waals surface area contributed by atoms with E-state index in [-0.39, 0.29) is 6.17 Å². The van der Waals surface area contributed by atoms with Gasteiger partial charge in [0.15, 0.2) is 0 Å². The molecule has 0 aliphatic heterocycles. The average molecular weight is 311 g/mol. The zero-order valence-electron chi connectivity index (χ0n) is 12.4. The summed E-state index contributed by atoms with van der Waals surface area (Å²) in [6.07, 6.45) is 1.72. The fourth-order valence-electron chi connectivity index (χ4n) is 1.80.